The van der Waals surface area contributed by atoms with Crippen LogP contribution in [0.15, 0.2) is 18.2 Å². The Labute approximate surface area is 150 Å². The Morgan fingerprint density at radius 1 is 1.12 bits per heavy atom. The van der Waals surface area contributed by atoms with Crippen LogP contribution in [0.3, 0.4) is 0 Å². The van der Waals surface area contributed by atoms with Crippen LogP contribution in [0.2, 0.25) is 0 Å². The predicted molar refractivity (Wildman–Crippen MR) is 93.1 cm³/mol. The summed E-state index contributed by atoms with van der Waals surface area (Å²) >= 11 is 0. The quantitative estimate of drug-likeness (QED) is 0.761. The Bertz CT molecular complexity index is 948. The third kappa shape index (κ3) is 2.21. The lowest BCUT2D eigenvalue weighted by molar-refractivity contribution is -0.125. The zero-order chi connectivity index (χ0) is 18.8. The second-order valence-corrected chi connectivity index (χ2v) is 7.09. The number of phenolic OH excluding ortho intramolecular Hbond substituents is 2. The molecule has 0 aliphatic carbocycles. The first-order chi connectivity index (χ1) is 12.2. The van der Waals surface area contributed by atoms with Crippen LogP contribution >= 0.6 is 0 Å². The summed E-state index contributed by atoms with van der Waals surface area (Å²) in [6.45, 7) is 5.43. The van der Waals surface area contributed by atoms with E-state index in [-0.39, 0.29) is 23.0 Å². The van der Waals surface area contributed by atoms with Crippen LogP contribution in [0.5, 0.6) is 23.0 Å². The number of ether oxygens (including phenoxy) is 3. The van der Waals surface area contributed by atoms with Crippen molar-refractivity contribution >= 4 is 5.97 Å². The summed E-state index contributed by atoms with van der Waals surface area (Å²) in [5, 5.41) is 20.8. The van der Waals surface area contributed by atoms with Crippen molar-refractivity contribution in [1.29, 1.82) is 0 Å². The molecule has 0 saturated heterocycles. The van der Waals surface area contributed by atoms with Crippen molar-refractivity contribution in [2.75, 3.05) is 7.11 Å². The van der Waals surface area contributed by atoms with E-state index in [9.17, 15) is 15.0 Å². The van der Waals surface area contributed by atoms with E-state index >= 15 is 0 Å². The number of phenols is 2. The van der Waals surface area contributed by atoms with Gasteiger partial charge in [0.15, 0.2) is 0 Å². The second-order valence-electron chi connectivity index (χ2n) is 7.09. The highest BCUT2D eigenvalue weighted by Crippen LogP contribution is 2.56. The lowest BCUT2D eigenvalue weighted by Gasteiger charge is -2.45. The van der Waals surface area contributed by atoms with E-state index in [4.69, 9.17) is 14.2 Å². The van der Waals surface area contributed by atoms with Gasteiger partial charge < -0.3 is 24.4 Å². The van der Waals surface area contributed by atoms with Crippen molar-refractivity contribution < 1.29 is 29.2 Å². The highest BCUT2D eigenvalue weighted by atomic mass is 16.7. The fourth-order valence-electron chi connectivity index (χ4n) is 4.13. The summed E-state index contributed by atoms with van der Waals surface area (Å²) in [4.78, 5) is 12.2. The first kappa shape index (κ1) is 16.6. The van der Waals surface area contributed by atoms with Gasteiger partial charge in [-0.3, -0.25) is 0 Å². The Balaban J connectivity index is 2.01. The van der Waals surface area contributed by atoms with Crippen molar-refractivity contribution in [3.63, 3.8) is 0 Å². The average Bonchev–Trinajstić information content (AvgIpc) is 2.51. The second kappa shape index (κ2) is 5.30. The number of carbonyl (C=O) groups is 1. The third-order valence-electron chi connectivity index (χ3n) is 5.15. The van der Waals surface area contributed by atoms with Crippen LogP contribution in [0.25, 0.3) is 0 Å². The summed E-state index contributed by atoms with van der Waals surface area (Å²) in [6.07, 6.45) is 0.482. The van der Waals surface area contributed by atoms with Crippen molar-refractivity contribution in [2.24, 2.45) is 0 Å². The minimum Gasteiger partial charge on any atom is -0.508 e. The van der Waals surface area contributed by atoms with Gasteiger partial charge in [0.25, 0.3) is 0 Å². The van der Waals surface area contributed by atoms with E-state index < -0.39 is 11.8 Å². The maximum absolute atomic E-state index is 12.2. The molecule has 0 aromatic heterocycles. The van der Waals surface area contributed by atoms with E-state index in [1.54, 1.807) is 25.1 Å². The smallest absolute Gasteiger partial charge is 0.341 e. The van der Waals surface area contributed by atoms with E-state index in [1.807, 2.05) is 13.8 Å². The van der Waals surface area contributed by atoms with Crippen LogP contribution in [-0.2, 0) is 4.74 Å². The molecule has 0 fully saturated rings. The molecule has 2 aliphatic heterocycles. The number of hydrogen-bond acceptors (Lipinski definition) is 6. The molecule has 4 rings (SSSR count). The Hall–Kier alpha value is -2.89. The normalized spacial score (nSPS) is 22.5. The minimum absolute atomic E-state index is 0.105. The lowest BCUT2D eigenvalue weighted by Crippen LogP contribution is -2.47. The molecule has 2 aromatic rings. The molecule has 6 heteroatoms. The number of carbonyl (C=O) groups excluding carboxylic acids is 1. The molecule has 136 valence electrons. The largest absolute Gasteiger partial charge is 0.508 e. The zero-order valence-electron chi connectivity index (χ0n) is 15.0. The van der Waals surface area contributed by atoms with Gasteiger partial charge in [-0.2, -0.15) is 0 Å². The molecule has 2 atom stereocenters. The fraction of sp³-hybridized carbons (Fsp3) is 0.350. The van der Waals surface area contributed by atoms with Crippen LogP contribution in [0, 0.1) is 13.8 Å². The van der Waals surface area contributed by atoms with Crippen molar-refractivity contribution in [1.82, 2.24) is 0 Å². The summed E-state index contributed by atoms with van der Waals surface area (Å²) in [5.74, 6) is -0.747. The molecule has 0 saturated carbocycles. The molecule has 0 spiro atoms. The highest BCUT2D eigenvalue weighted by Gasteiger charge is 2.47. The molecular formula is C20H20O6. The molecule has 26 heavy (non-hydrogen) atoms. The zero-order valence-corrected chi connectivity index (χ0v) is 15.0. The Morgan fingerprint density at radius 3 is 2.42 bits per heavy atom. The molecule has 0 amide bonds. The maximum atomic E-state index is 12.2. The van der Waals surface area contributed by atoms with Crippen LogP contribution in [0.4, 0.5) is 0 Å². The lowest BCUT2D eigenvalue weighted by atomic mass is 9.77. The minimum atomic E-state index is -0.920. The van der Waals surface area contributed by atoms with Gasteiger partial charge in [0, 0.05) is 36.5 Å². The van der Waals surface area contributed by atoms with Gasteiger partial charge in [0.2, 0.25) is 5.79 Å². The predicted octanol–water partition coefficient (Wildman–Crippen LogP) is 3.52. The monoisotopic (exact) mass is 356 g/mol. The van der Waals surface area contributed by atoms with Gasteiger partial charge in [0.05, 0.1) is 7.11 Å². The fourth-order valence-corrected chi connectivity index (χ4v) is 4.13. The Kier molecular flexibility index (Phi) is 3.38. The number of methoxy groups -OCH3 is 1. The van der Waals surface area contributed by atoms with E-state index in [0.717, 1.165) is 11.1 Å². The third-order valence-corrected chi connectivity index (χ3v) is 5.15. The molecule has 2 aromatic carbocycles. The molecule has 0 radical (unpaired) electrons. The molecule has 2 aliphatic rings. The number of fused-ring (bicyclic) bond motifs is 6. The number of aromatic hydroxyl groups is 2. The maximum Gasteiger partial charge on any atom is 0.341 e. The van der Waals surface area contributed by atoms with Gasteiger partial charge in [0.1, 0.15) is 28.6 Å². The molecule has 2 heterocycles. The molecular weight excluding hydrogens is 336 g/mol. The summed E-state index contributed by atoms with van der Waals surface area (Å²) in [5.41, 5.74) is 2.98. The standard InChI is InChI=1S/C20H20O6/c1-9-5-11(21)7-14-15(9)12-8-20(3,26-14)25-13-6-10(2)16(19(23)24-4)18(22)17(12)13/h5-7,12,21-22H,8H2,1-4H3/t12-,20-/m1/s1. The van der Waals surface area contributed by atoms with Crippen LogP contribution in [-0.4, -0.2) is 29.1 Å². The van der Waals surface area contributed by atoms with E-state index in [2.05, 4.69) is 0 Å². The number of benzene rings is 2. The van der Waals surface area contributed by atoms with Crippen molar-refractivity contribution in [3.8, 4) is 23.0 Å². The van der Waals surface area contributed by atoms with E-state index in [1.165, 1.54) is 7.11 Å². The highest BCUT2D eigenvalue weighted by molar-refractivity contribution is 5.95. The molecule has 2 N–H and O–H groups in total. The average molecular weight is 356 g/mol. The molecule has 6 nitrogen and oxygen atoms in total. The molecule has 0 unspecified atom stereocenters. The number of hydrogen-bond donors (Lipinski definition) is 2. The van der Waals surface area contributed by atoms with Crippen molar-refractivity contribution in [2.45, 2.75) is 38.9 Å². The van der Waals surface area contributed by atoms with Gasteiger partial charge in [-0.15, -0.1) is 0 Å². The number of esters is 1. The van der Waals surface area contributed by atoms with Gasteiger partial charge in [-0.1, -0.05) is 0 Å². The SMILES string of the molecule is COC(=O)c1c(C)cc2c(c1O)[C@@H]1C[C@@](C)(Oc3cc(O)cc(C)c31)O2. The number of rotatable bonds is 1. The van der Waals surface area contributed by atoms with Crippen LogP contribution < -0.4 is 9.47 Å². The first-order valence-corrected chi connectivity index (χ1v) is 8.40. The van der Waals surface area contributed by atoms with E-state index in [0.29, 0.717) is 29.0 Å². The topological polar surface area (TPSA) is 85.2 Å². The summed E-state index contributed by atoms with van der Waals surface area (Å²) in [6, 6.07) is 4.94. The number of aryl methyl sites for hydroxylation is 2. The van der Waals surface area contributed by atoms with Gasteiger partial charge in [-0.05, 0) is 37.1 Å². The van der Waals surface area contributed by atoms with Gasteiger partial charge >= 0.3 is 5.97 Å². The van der Waals surface area contributed by atoms with Crippen molar-refractivity contribution in [3.05, 3.63) is 46.0 Å². The Morgan fingerprint density at radius 2 is 1.77 bits per heavy atom. The summed E-state index contributed by atoms with van der Waals surface area (Å²) in [7, 11) is 1.28. The first-order valence-electron chi connectivity index (χ1n) is 8.40. The molecule has 2 bridgehead atoms. The summed E-state index contributed by atoms with van der Waals surface area (Å²) < 4.78 is 16.9. The van der Waals surface area contributed by atoms with Crippen LogP contribution in [0.1, 0.15) is 51.9 Å². The van der Waals surface area contributed by atoms with Gasteiger partial charge in [-0.25, -0.2) is 4.79 Å².